The number of phenols is 1. The van der Waals surface area contributed by atoms with Crippen LogP contribution in [0.2, 0.25) is 0 Å². The molecule has 4 saturated heterocycles. The highest BCUT2D eigenvalue weighted by atomic mass is 32.2. The number of sulfonamides is 4. The lowest BCUT2D eigenvalue weighted by molar-refractivity contribution is -0.136. The van der Waals surface area contributed by atoms with Crippen LogP contribution in [0.4, 0.5) is 0 Å². The molecule has 1 aromatic heterocycles. The van der Waals surface area contributed by atoms with Crippen molar-refractivity contribution >= 4 is 97.8 Å². The molecule has 0 saturated carbocycles. The molecule has 4 fully saturated rings. The molecule has 30 nitrogen and oxygen atoms in total. The third kappa shape index (κ3) is 22.6. The van der Waals surface area contributed by atoms with Crippen LogP contribution in [0, 0.1) is 25.7 Å². The number of rotatable bonds is 19. The van der Waals surface area contributed by atoms with Gasteiger partial charge in [0.15, 0.2) is 0 Å². The topological polar surface area (TPSA) is 441 Å². The van der Waals surface area contributed by atoms with E-state index in [0.29, 0.717) is 144 Å². The Kier molecular flexibility index (Phi) is 28.4. The summed E-state index contributed by atoms with van der Waals surface area (Å²) in [5.41, 5.74) is 31.6. The second kappa shape index (κ2) is 39.0. The van der Waals surface area contributed by atoms with Crippen LogP contribution >= 0.6 is 0 Å². The number of aromatic nitrogens is 1. The van der Waals surface area contributed by atoms with Crippen LogP contribution in [0.1, 0.15) is 193 Å². The second-order valence-electron chi connectivity index (χ2n) is 34.0. The fraction of sp³-hybridized carbons (Fsp3) is 0.418. The summed E-state index contributed by atoms with van der Waals surface area (Å²) in [7, 11) is -14.4. The van der Waals surface area contributed by atoms with E-state index in [0.717, 1.165) is 105 Å². The predicted octanol–water partition coefficient (Wildman–Crippen LogP) is 10.8. The van der Waals surface area contributed by atoms with Gasteiger partial charge in [0.2, 0.25) is 11.8 Å². The van der Waals surface area contributed by atoms with Gasteiger partial charge in [0.1, 0.15) is 77.6 Å². The molecule has 7 aromatic carbocycles. The highest BCUT2D eigenvalue weighted by Gasteiger charge is 2.37. The summed E-state index contributed by atoms with van der Waals surface area (Å²) in [6, 6.07) is 43.6. The van der Waals surface area contributed by atoms with Gasteiger partial charge in [-0.15, -0.1) is 17.6 Å². The highest BCUT2D eigenvalue weighted by molar-refractivity contribution is 7.90. The Bertz CT molecular complexity index is 6040. The molecular weight excluding hydrogens is 1680 g/mol. The van der Waals surface area contributed by atoms with Crippen LogP contribution in [0.15, 0.2) is 169 Å². The Morgan fingerprint density at radius 1 is 0.472 bits per heavy atom. The number of benzene rings is 7. The number of hydrogen-bond acceptors (Lipinski definition) is 22. The average molecular weight is 1790 g/mol. The number of amidine groups is 4. The number of hydrogen-bond donors (Lipinski definition) is 5. The minimum Gasteiger partial charge on any atom is -0.508 e. The minimum absolute atomic E-state index is 0.00857. The van der Waals surface area contributed by atoms with Crippen LogP contribution in [-0.4, -0.2) is 188 Å². The molecule has 0 bridgehead atoms. The number of pyridine rings is 1. The van der Waals surface area contributed by atoms with Crippen molar-refractivity contribution < 1.29 is 76.9 Å². The molecule has 0 radical (unpaired) electrons. The van der Waals surface area contributed by atoms with Crippen LogP contribution in [0.3, 0.4) is 0 Å². The summed E-state index contributed by atoms with van der Waals surface area (Å²) in [5, 5.41) is 11.9. The van der Waals surface area contributed by atoms with E-state index in [-0.39, 0.29) is 106 Å². The first-order valence-corrected chi connectivity index (χ1v) is 48.6. The van der Waals surface area contributed by atoms with E-state index < -0.39 is 45.5 Å². The number of ether oxygens (including phenoxy) is 4. The highest BCUT2D eigenvalue weighted by Crippen LogP contribution is 2.38. The van der Waals surface area contributed by atoms with Gasteiger partial charge in [-0.3, -0.25) is 24.2 Å². The third-order valence-electron chi connectivity index (χ3n) is 23.4. The van der Waals surface area contributed by atoms with E-state index in [1.165, 1.54) is 0 Å². The van der Waals surface area contributed by atoms with E-state index in [2.05, 4.69) is 22.6 Å². The van der Waals surface area contributed by atoms with E-state index in [4.69, 9.17) is 41.9 Å². The van der Waals surface area contributed by atoms with Gasteiger partial charge in [0.25, 0.3) is 51.9 Å². The third-order valence-corrected chi connectivity index (χ3v) is 28.0. The van der Waals surface area contributed by atoms with E-state index in [9.17, 15) is 58.0 Å². The molecule has 8 aromatic rings. The zero-order chi connectivity index (χ0) is 89.3. The summed E-state index contributed by atoms with van der Waals surface area (Å²) in [6.45, 7) is 16.7. The summed E-state index contributed by atoms with van der Waals surface area (Å²) >= 11 is 0. The maximum Gasteiger partial charge on any atom is 0.273 e. The van der Waals surface area contributed by atoms with Gasteiger partial charge < -0.3 is 66.6 Å². The van der Waals surface area contributed by atoms with Crippen molar-refractivity contribution in [2.75, 3.05) is 59.2 Å². The van der Waals surface area contributed by atoms with Crippen LogP contribution in [-0.2, 0) is 78.1 Å². The number of aryl methyl sites for hydroxylation is 2. The molecule has 9 heterocycles. The fourth-order valence-corrected chi connectivity index (χ4v) is 21.5. The van der Waals surface area contributed by atoms with Crippen molar-refractivity contribution in [2.24, 2.45) is 52.4 Å². The molecule has 34 heteroatoms. The van der Waals surface area contributed by atoms with Crippen molar-refractivity contribution in [1.29, 1.82) is 0 Å². The smallest absolute Gasteiger partial charge is 0.273 e. The zero-order valence-corrected chi connectivity index (χ0v) is 74.4. The van der Waals surface area contributed by atoms with Crippen molar-refractivity contribution in [2.45, 2.75) is 172 Å². The molecule has 9 N–H and O–H groups in total. The SMILES string of the molecule is CC(C)CC(=O)N1CCCC[C@H]1COc1cccc2c1C(N)=NS(=O)(=O)C2.Cc1ccc(C(C)(C)CC(=O)N2CCC[C@H](COc3cccc4c3C(N)=NS(=O)(=O)C4)C2)cc1O.Cc1cccc(C(=O)N2CCCC[C@@H]2COc2cccc3c2C(N)=NS(=O)(=O)C3)c1.NC1=NS(=O)(=O)Cc2cccc(OC[C@H]3CCCCN3C(=O)c3nccc4ccccc34)c21. The summed E-state index contributed by atoms with van der Waals surface area (Å²) in [4.78, 5) is 64.3. The standard InChI is InChI=1S/C26H33N3O5S.C24H24N4O4S.C22H25N3O4S.C19H27N3O4S/c1-17-9-10-20(12-21(17)30)26(2,3)13-23(31)29-11-5-6-18(14-29)15-34-22-8-4-7-19-16-35(32,33)28-25(27)24(19)22;25-23-21-17(15-33(30,31)27-23)7-5-10-20(21)32-14-18-8-3-4-13-28(18)24(29)22-19-9-2-1-6-16(19)11-12-26-22;1-15-6-4-7-16(12-15)22(26)25-11-3-2-9-18(25)13-29-19-10-5-8-17-14-30(27,28)24-21(23)20(17)19;1-13(2)10-17(23)22-9-4-3-7-15(22)11-26-16-8-5-6-14-12-27(24,25)21-19(20)18(14)16/h4,7-10,12,18,30H,5-6,11,13-16H2,1-3H3,(H2,27,28);1-2,5-7,9-12,18H,3-4,8,13-15H2,(H2,25,27);4-8,10,12,18H,2-3,9,11,13-14H2,1H3,(H2,23,24);5-6,8,13,15H,3-4,7,9-12H2,1-2H3,(H2,20,21)/t3*18-;15-/m0110/s1. The van der Waals surface area contributed by atoms with Crippen LogP contribution in [0.5, 0.6) is 28.7 Å². The molecule has 8 aliphatic rings. The number of carbonyl (C=O) groups is 4. The molecule has 8 aliphatic heterocycles. The molecule has 4 atom stereocenters. The van der Waals surface area contributed by atoms with Crippen molar-refractivity contribution in [3.8, 4) is 28.7 Å². The molecule has 0 unspecified atom stereocenters. The Balaban J connectivity index is 0.000000144. The monoisotopic (exact) mass is 1780 g/mol. The Labute approximate surface area is 730 Å². The van der Waals surface area contributed by atoms with Gasteiger partial charge >= 0.3 is 0 Å². The lowest BCUT2D eigenvalue weighted by atomic mass is 9.80. The predicted molar refractivity (Wildman–Crippen MR) is 480 cm³/mol. The Morgan fingerprint density at radius 2 is 0.904 bits per heavy atom. The first-order chi connectivity index (χ1) is 59.5. The number of piperidine rings is 4. The van der Waals surface area contributed by atoms with Gasteiger partial charge in [0.05, 0.1) is 70.0 Å². The number of amides is 4. The summed E-state index contributed by atoms with van der Waals surface area (Å²) in [5.74, 6) is 1.89. The summed E-state index contributed by atoms with van der Waals surface area (Å²) in [6.07, 6.45) is 12.9. The van der Waals surface area contributed by atoms with Crippen molar-refractivity contribution in [3.05, 3.63) is 224 Å². The first-order valence-electron chi connectivity index (χ1n) is 42.2. The molecule has 125 heavy (non-hydrogen) atoms. The number of phenolic OH excluding ortho intramolecular Hbond substituents is 1. The van der Waals surface area contributed by atoms with Gasteiger partial charge in [-0.2, -0.15) is 0 Å². The molecule has 664 valence electrons. The largest absolute Gasteiger partial charge is 0.508 e. The average Bonchev–Trinajstić information content (AvgIpc) is 0.784. The van der Waals surface area contributed by atoms with Crippen molar-refractivity contribution in [1.82, 2.24) is 24.6 Å². The maximum absolute atomic E-state index is 13.5. The lowest BCUT2D eigenvalue weighted by Gasteiger charge is -2.36. The maximum atomic E-state index is 13.5. The van der Waals surface area contributed by atoms with Crippen molar-refractivity contribution in [3.63, 3.8) is 0 Å². The number of carbonyl (C=O) groups excluding carboxylic acids is 4. The van der Waals surface area contributed by atoms with Crippen LogP contribution in [0.25, 0.3) is 10.8 Å². The number of nitrogens with two attached hydrogens (primary N) is 4. The van der Waals surface area contributed by atoms with E-state index in [1.54, 1.807) is 85.1 Å². The normalized spacial score (nSPS) is 20.2. The Hall–Kier alpha value is -11.5. The van der Waals surface area contributed by atoms with Gasteiger partial charge in [0, 0.05) is 68.6 Å². The van der Waals surface area contributed by atoms with Gasteiger partial charge in [-0.05, 0) is 183 Å². The molecule has 0 aliphatic carbocycles. The second-order valence-corrected chi connectivity index (χ2v) is 40.5. The van der Waals surface area contributed by atoms with E-state index in [1.807, 2.05) is 128 Å². The number of aromatic hydroxyl groups is 1. The first kappa shape index (κ1) is 91.2. The van der Waals surface area contributed by atoms with Crippen LogP contribution < -0.4 is 41.9 Å². The zero-order valence-electron chi connectivity index (χ0n) is 71.2. The summed E-state index contributed by atoms with van der Waals surface area (Å²) < 4.78 is 134. The fourth-order valence-electron chi connectivity index (χ4n) is 17.2. The molecular formula is C91H109N13O17S4. The van der Waals surface area contributed by atoms with E-state index >= 15 is 0 Å². The number of fused-ring (bicyclic) bond motifs is 5. The quantitative estimate of drug-likeness (QED) is 0.0502. The number of likely N-dealkylation sites (tertiary alicyclic amines) is 4. The lowest BCUT2D eigenvalue weighted by Crippen LogP contribution is -2.47. The Morgan fingerprint density at radius 3 is 1.36 bits per heavy atom. The number of nitrogens with zero attached hydrogens (tertiary/aromatic N) is 9. The molecule has 0 spiro atoms. The molecule has 16 rings (SSSR count). The minimum atomic E-state index is -3.62. The van der Waals surface area contributed by atoms with Gasteiger partial charge in [-0.25, -0.2) is 33.7 Å². The van der Waals surface area contributed by atoms with Gasteiger partial charge in [-0.1, -0.05) is 130 Å². The molecule has 4 amide bonds.